The zero-order chi connectivity index (χ0) is 32.3. The molecule has 2 aromatic rings. The molecule has 6 heteroatoms. The van der Waals surface area contributed by atoms with Crippen LogP contribution in [0, 0.1) is 53.3 Å². The molecule has 0 spiro atoms. The lowest BCUT2D eigenvalue weighted by Gasteiger charge is -2.23. The van der Waals surface area contributed by atoms with Gasteiger partial charge in [0.25, 0.3) is 0 Å². The SMILES string of the molecule is CCCCC1CC(CCC)C2C(=O)N(c3ccc(Cc4ccc(N5C(=O)C6C7C=C(CC(C)C)C(C7)C6C5=O)cc4)cc3)C(=O)C12. The van der Waals surface area contributed by atoms with Gasteiger partial charge in [-0.3, -0.25) is 29.0 Å². The van der Waals surface area contributed by atoms with Crippen LogP contribution in [0.3, 0.4) is 0 Å². The van der Waals surface area contributed by atoms with E-state index in [0.717, 1.165) is 62.5 Å². The molecule has 5 aliphatic rings. The molecule has 6 nitrogen and oxygen atoms in total. The van der Waals surface area contributed by atoms with Gasteiger partial charge in [0.2, 0.25) is 23.6 Å². The Balaban J connectivity index is 1.02. The number of benzene rings is 2. The first kappa shape index (κ1) is 31.1. The fourth-order valence-electron chi connectivity index (χ4n) is 9.90. The summed E-state index contributed by atoms with van der Waals surface area (Å²) in [5.41, 5.74) is 4.85. The second kappa shape index (κ2) is 12.2. The monoisotopic (exact) mass is 620 g/mol. The van der Waals surface area contributed by atoms with Gasteiger partial charge in [-0.1, -0.05) is 82.9 Å². The van der Waals surface area contributed by atoms with Gasteiger partial charge in [-0.2, -0.15) is 0 Å². The number of amides is 4. The summed E-state index contributed by atoms with van der Waals surface area (Å²) in [5, 5.41) is 0. The third-order valence-electron chi connectivity index (χ3n) is 11.8. The van der Waals surface area contributed by atoms with Crippen LogP contribution in [0.1, 0.15) is 90.2 Å². The van der Waals surface area contributed by atoms with Crippen molar-refractivity contribution >= 4 is 35.0 Å². The second-order valence-electron chi connectivity index (χ2n) is 15.2. The van der Waals surface area contributed by atoms with Crippen LogP contribution in [0.4, 0.5) is 11.4 Å². The molecule has 4 amide bonds. The highest BCUT2D eigenvalue weighted by Gasteiger charge is 2.61. The topological polar surface area (TPSA) is 74.8 Å². The number of nitrogens with zero attached hydrogens (tertiary/aromatic N) is 2. The van der Waals surface area contributed by atoms with E-state index in [0.29, 0.717) is 35.5 Å². The van der Waals surface area contributed by atoms with E-state index in [1.807, 2.05) is 48.5 Å². The maximum Gasteiger partial charge on any atom is 0.238 e. The number of rotatable bonds is 11. The van der Waals surface area contributed by atoms with Gasteiger partial charge < -0.3 is 0 Å². The van der Waals surface area contributed by atoms with Gasteiger partial charge in [-0.05, 0) is 104 Å². The number of fused-ring (bicyclic) bond motifs is 6. The Kier molecular flexibility index (Phi) is 8.27. The predicted molar refractivity (Wildman–Crippen MR) is 180 cm³/mol. The lowest BCUT2D eigenvalue weighted by atomic mass is 9.79. The number of allylic oxidation sites excluding steroid dienone is 2. The number of unbranched alkanes of at least 4 members (excludes halogenated alkanes) is 1. The minimum atomic E-state index is -0.208. The summed E-state index contributed by atoms with van der Waals surface area (Å²) >= 11 is 0. The van der Waals surface area contributed by atoms with Crippen molar-refractivity contribution in [3.05, 3.63) is 71.3 Å². The predicted octanol–water partition coefficient (Wildman–Crippen LogP) is 7.74. The molecule has 46 heavy (non-hydrogen) atoms. The standard InChI is InChI=1S/C40H48N2O4/c1-5-7-9-27-20-26(8-6-2)33-34(27)38(44)41(37(33)43)30-14-10-24(11-15-30)19-25-12-16-31(17-13-25)42-39(45)35-29-21-28(18-23(3)4)32(22-29)36(35)40(42)46/h10-17,21,23,26-27,29,32-36H,5-9,18-20,22H2,1-4H3. The summed E-state index contributed by atoms with van der Waals surface area (Å²) in [5.74, 6) is 0.721. The number of imide groups is 2. The quantitative estimate of drug-likeness (QED) is 0.190. The first-order chi connectivity index (χ1) is 22.2. The van der Waals surface area contributed by atoms with E-state index in [9.17, 15) is 19.2 Å². The molecule has 2 saturated carbocycles. The molecule has 8 unspecified atom stereocenters. The van der Waals surface area contributed by atoms with Gasteiger partial charge in [0, 0.05) is 0 Å². The van der Waals surface area contributed by atoms with Crippen molar-refractivity contribution in [1.29, 1.82) is 0 Å². The van der Waals surface area contributed by atoms with Gasteiger partial charge in [-0.25, -0.2) is 0 Å². The normalized spacial score (nSPS) is 31.5. The van der Waals surface area contributed by atoms with Crippen molar-refractivity contribution in [2.45, 2.75) is 85.5 Å². The maximum atomic E-state index is 13.7. The smallest absolute Gasteiger partial charge is 0.238 e. The van der Waals surface area contributed by atoms with Gasteiger partial charge >= 0.3 is 0 Å². The van der Waals surface area contributed by atoms with E-state index >= 15 is 0 Å². The molecule has 2 aliphatic heterocycles. The lowest BCUT2D eigenvalue weighted by molar-refractivity contribution is -0.125. The maximum absolute atomic E-state index is 13.7. The molecule has 3 aliphatic carbocycles. The molecule has 2 heterocycles. The zero-order valence-corrected chi connectivity index (χ0v) is 27.8. The van der Waals surface area contributed by atoms with E-state index in [1.165, 1.54) is 15.4 Å². The largest absolute Gasteiger partial charge is 0.274 e. The van der Waals surface area contributed by atoms with Crippen molar-refractivity contribution in [3.63, 3.8) is 0 Å². The van der Waals surface area contributed by atoms with E-state index in [4.69, 9.17) is 0 Å². The Hall–Kier alpha value is -3.54. The number of carbonyl (C=O) groups is 4. The summed E-state index contributed by atoms with van der Waals surface area (Å²) in [6, 6.07) is 15.6. The molecule has 0 aromatic heterocycles. The molecule has 7 rings (SSSR count). The van der Waals surface area contributed by atoms with E-state index < -0.39 is 0 Å². The molecule has 4 fully saturated rings. The Morgan fingerprint density at radius 1 is 0.652 bits per heavy atom. The molecular formula is C40H48N2O4. The first-order valence-corrected chi connectivity index (χ1v) is 17.9. The lowest BCUT2D eigenvalue weighted by Crippen LogP contribution is -2.33. The van der Waals surface area contributed by atoms with Gasteiger partial charge in [0.05, 0.1) is 35.0 Å². The number of hydrogen-bond donors (Lipinski definition) is 0. The highest BCUT2D eigenvalue weighted by Crippen LogP contribution is 2.57. The van der Waals surface area contributed by atoms with E-state index in [-0.39, 0.29) is 59.1 Å². The number of carbonyl (C=O) groups excluding carboxylic acids is 4. The highest BCUT2D eigenvalue weighted by molar-refractivity contribution is 6.23. The van der Waals surface area contributed by atoms with Crippen molar-refractivity contribution in [1.82, 2.24) is 0 Å². The molecule has 0 N–H and O–H groups in total. The summed E-state index contributed by atoms with van der Waals surface area (Å²) in [6.45, 7) is 8.77. The van der Waals surface area contributed by atoms with Crippen molar-refractivity contribution < 1.29 is 19.2 Å². The molecular weight excluding hydrogens is 572 g/mol. The number of hydrogen-bond acceptors (Lipinski definition) is 4. The fourth-order valence-corrected chi connectivity index (χ4v) is 9.90. The summed E-state index contributed by atoms with van der Waals surface area (Å²) in [4.78, 5) is 57.4. The van der Waals surface area contributed by atoms with Gasteiger partial charge in [0.1, 0.15) is 0 Å². The Morgan fingerprint density at radius 3 is 1.70 bits per heavy atom. The van der Waals surface area contributed by atoms with Crippen LogP contribution in [0.15, 0.2) is 60.2 Å². The van der Waals surface area contributed by atoms with Crippen molar-refractivity contribution in [2.75, 3.05) is 9.80 Å². The van der Waals surface area contributed by atoms with Crippen LogP contribution in [0.2, 0.25) is 0 Å². The minimum absolute atomic E-state index is 0.00637. The average molecular weight is 621 g/mol. The molecule has 2 aromatic carbocycles. The van der Waals surface area contributed by atoms with Crippen LogP contribution in [0.25, 0.3) is 0 Å². The molecule has 242 valence electrons. The van der Waals surface area contributed by atoms with E-state index in [1.54, 1.807) is 0 Å². The number of anilines is 2. The summed E-state index contributed by atoms with van der Waals surface area (Å²) < 4.78 is 0. The van der Waals surface area contributed by atoms with Crippen LogP contribution in [0.5, 0.6) is 0 Å². The van der Waals surface area contributed by atoms with Crippen LogP contribution < -0.4 is 9.80 Å². The molecule has 2 bridgehead atoms. The van der Waals surface area contributed by atoms with Crippen LogP contribution in [-0.2, 0) is 25.6 Å². The highest BCUT2D eigenvalue weighted by atomic mass is 16.2. The summed E-state index contributed by atoms with van der Waals surface area (Å²) in [6.07, 6.45) is 11.2. The van der Waals surface area contributed by atoms with Gasteiger partial charge in [0.15, 0.2) is 0 Å². The van der Waals surface area contributed by atoms with E-state index in [2.05, 4.69) is 33.8 Å². The van der Waals surface area contributed by atoms with Crippen molar-refractivity contribution in [3.8, 4) is 0 Å². The summed E-state index contributed by atoms with van der Waals surface area (Å²) in [7, 11) is 0. The third-order valence-corrected chi connectivity index (χ3v) is 11.8. The Morgan fingerprint density at radius 2 is 1.17 bits per heavy atom. The van der Waals surface area contributed by atoms with Crippen LogP contribution in [-0.4, -0.2) is 23.6 Å². The Labute approximate surface area is 273 Å². The second-order valence-corrected chi connectivity index (χ2v) is 15.2. The Bertz CT molecular complexity index is 1560. The zero-order valence-electron chi connectivity index (χ0n) is 27.8. The molecule has 0 radical (unpaired) electrons. The van der Waals surface area contributed by atoms with Crippen molar-refractivity contribution in [2.24, 2.45) is 53.3 Å². The van der Waals surface area contributed by atoms with Crippen LogP contribution >= 0.6 is 0 Å². The van der Waals surface area contributed by atoms with Gasteiger partial charge in [-0.15, -0.1) is 0 Å². The average Bonchev–Trinajstić information content (AvgIpc) is 3.81. The molecule has 2 saturated heterocycles. The molecule has 8 atom stereocenters. The minimum Gasteiger partial charge on any atom is -0.274 e. The fraction of sp³-hybridized carbons (Fsp3) is 0.550. The first-order valence-electron chi connectivity index (χ1n) is 17.9. The third kappa shape index (κ3) is 5.07.